The Hall–Kier alpha value is -1.83. The topological polar surface area (TPSA) is 85.8 Å². The van der Waals surface area contributed by atoms with E-state index in [-0.39, 0.29) is 11.5 Å². The first kappa shape index (κ1) is 17.0. The lowest BCUT2D eigenvalue weighted by Crippen LogP contribution is -2.28. The van der Waals surface area contributed by atoms with E-state index >= 15 is 0 Å². The number of likely N-dealkylation sites (tertiary alicyclic amines) is 1. The summed E-state index contributed by atoms with van der Waals surface area (Å²) in [6.07, 6.45) is 5.23. The summed E-state index contributed by atoms with van der Waals surface area (Å²) in [5, 5.41) is 20.7. The van der Waals surface area contributed by atoms with Crippen molar-refractivity contribution in [3.63, 3.8) is 0 Å². The molecule has 0 spiro atoms. The third-order valence-corrected chi connectivity index (χ3v) is 4.30. The molecule has 0 bridgehead atoms. The Morgan fingerprint density at radius 1 is 1.04 bits per heavy atom. The molecule has 8 heteroatoms. The Morgan fingerprint density at radius 3 is 2.38 bits per heavy atom. The van der Waals surface area contributed by atoms with Gasteiger partial charge >= 0.3 is 0 Å². The van der Waals surface area contributed by atoms with Crippen LogP contribution in [0.1, 0.15) is 65.2 Å². The molecule has 8 nitrogen and oxygen atoms in total. The highest BCUT2D eigenvalue weighted by molar-refractivity contribution is 5.36. The number of aromatic nitrogens is 6. The number of hydrogen-bond acceptors (Lipinski definition) is 7. The number of tetrazole rings is 1. The molecule has 0 saturated carbocycles. The molecule has 24 heavy (non-hydrogen) atoms. The molecule has 2 aromatic rings. The smallest absolute Gasteiger partial charge is 0.289 e. The molecule has 0 radical (unpaired) electrons. The summed E-state index contributed by atoms with van der Waals surface area (Å²) >= 11 is 0. The number of rotatable bonds is 4. The minimum absolute atomic E-state index is 0.196. The van der Waals surface area contributed by atoms with Crippen LogP contribution in [0.5, 0.6) is 0 Å². The Balaban J connectivity index is 1.67. The molecule has 1 atom stereocenters. The zero-order valence-corrected chi connectivity index (χ0v) is 15.1. The van der Waals surface area contributed by atoms with E-state index in [0.29, 0.717) is 17.6 Å². The molecular weight excluding hydrogens is 306 g/mol. The van der Waals surface area contributed by atoms with Crippen LogP contribution in [0.4, 0.5) is 0 Å². The van der Waals surface area contributed by atoms with E-state index in [2.05, 4.69) is 37.4 Å². The normalized spacial score (nSPS) is 18.5. The quantitative estimate of drug-likeness (QED) is 0.849. The third kappa shape index (κ3) is 3.98. The summed E-state index contributed by atoms with van der Waals surface area (Å²) in [6, 6.07) is 0. The molecule has 0 N–H and O–H groups in total. The van der Waals surface area contributed by atoms with Gasteiger partial charge in [0.1, 0.15) is 0 Å². The maximum Gasteiger partial charge on any atom is 0.289 e. The highest BCUT2D eigenvalue weighted by Gasteiger charge is 2.23. The summed E-state index contributed by atoms with van der Waals surface area (Å²) in [5.74, 6) is 1.55. The molecule has 1 aliphatic rings. The van der Waals surface area contributed by atoms with Crippen molar-refractivity contribution in [1.82, 2.24) is 35.3 Å². The van der Waals surface area contributed by atoms with Crippen LogP contribution in [0.15, 0.2) is 4.42 Å². The Kier molecular flexibility index (Phi) is 4.93. The monoisotopic (exact) mass is 333 g/mol. The maximum absolute atomic E-state index is 5.80. The van der Waals surface area contributed by atoms with Gasteiger partial charge < -0.3 is 9.32 Å². The fraction of sp³-hybridized carbons (Fsp3) is 0.812. The van der Waals surface area contributed by atoms with E-state index in [1.807, 2.05) is 20.8 Å². The van der Waals surface area contributed by atoms with Gasteiger partial charge in [0.25, 0.3) is 11.7 Å². The van der Waals surface area contributed by atoms with Crippen molar-refractivity contribution >= 4 is 0 Å². The highest BCUT2D eigenvalue weighted by Crippen LogP contribution is 2.21. The van der Waals surface area contributed by atoms with Gasteiger partial charge in [0.15, 0.2) is 0 Å². The van der Waals surface area contributed by atoms with Crippen molar-refractivity contribution in [1.29, 1.82) is 0 Å². The van der Waals surface area contributed by atoms with Gasteiger partial charge in [-0.15, -0.1) is 20.4 Å². The van der Waals surface area contributed by atoms with Crippen molar-refractivity contribution in [2.45, 2.75) is 64.8 Å². The second kappa shape index (κ2) is 6.96. The first-order valence-corrected chi connectivity index (χ1v) is 8.80. The van der Waals surface area contributed by atoms with Crippen LogP contribution in [0.2, 0.25) is 0 Å². The van der Waals surface area contributed by atoms with E-state index in [1.54, 1.807) is 4.80 Å². The second-order valence-corrected chi connectivity index (χ2v) is 7.63. The molecule has 1 unspecified atom stereocenters. The van der Waals surface area contributed by atoms with Crippen molar-refractivity contribution in [2.75, 3.05) is 19.6 Å². The lowest BCUT2D eigenvalue weighted by molar-refractivity contribution is 0.258. The van der Waals surface area contributed by atoms with Crippen molar-refractivity contribution in [3.05, 3.63) is 5.89 Å². The van der Waals surface area contributed by atoms with Crippen molar-refractivity contribution in [3.8, 4) is 11.7 Å². The van der Waals surface area contributed by atoms with Crippen LogP contribution in [-0.4, -0.2) is 54.9 Å². The standard InChI is InChI=1S/C16H27N7O/c1-12(11-22-9-7-5-6-8-10-22)14-18-19-15(24-14)13-17-21-23(20-13)16(2,3)4/h12H,5-11H2,1-4H3. The average molecular weight is 333 g/mol. The average Bonchev–Trinajstić information content (AvgIpc) is 3.13. The minimum Gasteiger partial charge on any atom is -0.418 e. The van der Waals surface area contributed by atoms with Gasteiger partial charge in [-0.1, -0.05) is 19.8 Å². The molecule has 132 valence electrons. The fourth-order valence-electron chi connectivity index (χ4n) is 2.89. The molecule has 3 rings (SSSR count). The van der Waals surface area contributed by atoms with Crippen LogP contribution in [-0.2, 0) is 5.54 Å². The number of nitrogens with zero attached hydrogens (tertiary/aromatic N) is 7. The predicted octanol–water partition coefficient (Wildman–Crippen LogP) is 2.46. The van der Waals surface area contributed by atoms with Gasteiger partial charge in [-0.05, 0) is 51.9 Å². The molecule has 0 aromatic carbocycles. The molecule has 3 heterocycles. The summed E-state index contributed by atoms with van der Waals surface area (Å²) in [4.78, 5) is 4.06. The van der Waals surface area contributed by atoms with Crippen LogP contribution in [0.3, 0.4) is 0 Å². The molecular formula is C16H27N7O. The Morgan fingerprint density at radius 2 is 1.75 bits per heavy atom. The van der Waals surface area contributed by atoms with Gasteiger partial charge in [-0.3, -0.25) is 0 Å². The van der Waals surface area contributed by atoms with Gasteiger partial charge in [0, 0.05) is 12.5 Å². The third-order valence-electron chi connectivity index (χ3n) is 4.30. The summed E-state index contributed by atoms with van der Waals surface area (Å²) in [7, 11) is 0. The summed E-state index contributed by atoms with van der Waals surface area (Å²) in [5.41, 5.74) is -0.228. The first-order chi connectivity index (χ1) is 11.4. The van der Waals surface area contributed by atoms with Gasteiger partial charge in [0.2, 0.25) is 5.89 Å². The number of hydrogen-bond donors (Lipinski definition) is 0. The Bertz CT molecular complexity index is 649. The van der Waals surface area contributed by atoms with Crippen LogP contribution in [0, 0.1) is 0 Å². The van der Waals surface area contributed by atoms with Crippen LogP contribution < -0.4 is 0 Å². The molecule has 1 saturated heterocycles. The highest BCUT2D eigenvalue weighted by atomic mass is 16.4. The van der Waals surface area contributed by atoms with Gasteiger partial charge in [-0.25, -0.2) is 0 Å². The summed E-state index contributed by atoms with van der Waals surface area (Å²) in [6.45, 7) is 11.4. The van der Waals surface area contributed by atoms with Crippen molar-refractivity contribution in [2.24, 2.45) is 0 Å². The van der Waals surface area contributed by atoms with Crippen LogP contribution >= 0.6 is 0 Å². The zero-order chi connectivity index (χ0) is 17.2. The first-order valence-electron chi connectivity index (χ1n) is 8.80. The molecule has 0 amide bonds. The summed E-state index contributed by atoms with van der Waals surface area (Å²) < 4.78 is 5.80. The molecule has 1 aliphatic heterocycles. The molecule has 2 aromatic heterocycles. The van der Waals surface area contributed by atoms with E-state index in [4.69, 9.17) is 4.42 Å². The van der Waals surface area contributed by atoms with Gasteiger partial charge in [0.05, 0.1) is 5.54 Å². The van der Waals surface area contributed by atoms with Crippen molar-refractivity contribution < 1.29 is 4.42 Å². The second-order valence-electron chi connectivity index (χ2n) is 7.63. The zero-order valence-electron chi connectivity index (χ0n) is 15.1. The van der Waals surface area contributed by atoms with Crippen LogP contribution in [0.25, 0.3) is 11.7 Å². The lowest BCUT2D eigenvalue weighted by atomic mass is 10.1. The maximum atomic E-state index is 5.80. The fourth-order valence-corrected chi connectivity index (χ4v) is 2.89. The molecule has 1 fully saturated rings. The minimum atomic E-state index is -0.228. The van der Waals surface area contributed by atoms with E-state index < -0.39 is 0 Å². The van der Waals surface area contributed by atoms with E-state index in [0.717, 1.165) is 19.6 Å². The van der Waals surface area contributed by atoms with Gasteiger partial charge in [-0.2, -0.15) is 4.80 Å². The molecule has 0 aliphatic carbocycles. The SMILES string of the molecule is CC(CN1CCCCCC1)c1nnc(-c2nnn(C(C)(C)C)n2)o1. The predicted molar refractivity (Wildman–Crippen MR) is 89.4 cm³/mol. The Labute approximate surface area is 142 Å². The van der Waals surface area contributed by atoms with E-state index in [1.165, 1.54) is 25.7 Å². The van der Waals surface area contributed by atoms with E-state index in [9.17, 15) is 0 Å². The largest absolute Gasteiger partial charge is 0.418 e. The lowest BCUT2D eigenvalue weighted by Gasteiger charge is -2.21.